The van der Waals surface area contributed by atoms with E-state index in [4.69, 9.17) is 10.5 Å². The minimum atomic E-state index is -1.29. The number of carboxylic acid groups (broad SMARTS) is 1. The molecular weight excluding hydrogens is 528 g/mol. The number of phenols is 1. The van der Waals surface area contributed by atoms with Gasteiger partial charge in [0, 0.05) is 19.5 Å². The Morgan fingerprint density at radius 2 is 1.78 bits per heavy atom. The Bertz CT molecular complexity index is 1720. The Labute approximate surface area is 235 Å². The SMILES string of the molecule is CCc1cccc(O)c1C(=O)NC(Cc1ccc(-n2c(=O)c3cc(OCC(C)N)ccc3n(C)c2=O)cc1)C(=O)O. The number of rotatable bonds is 10. The number of amides is 1. The predicted molar refractivity (Wildman–Crippen MR) is 154 cm³/mol. The van der Waals surface area contributed by atoms with Gasteiger partial charge in [-0.05, 0) is 60.9 Å². The summed E-state index contributed by atoms with van der Waals surface area (Å²) in [4.78, 5) is 51.4. The zero-order valence-electron chi connectivity index (χ0n) is 23.0. The number of aromatic hydroxyl groups is 1. The Balaban J connectivity index is 1.62. The molecule has 214 valence electrons. The average molecular weight is 561 g/mol. The van der Waals surface area contributed by atoms with Gasteiger partial charge in [-0.2, -0.15) is 0 Å². The number of aromatic nitrogens is 2. The first-order chi connectivity index (χ1) is 19.5. The second-order valence-corrected chi connectivity index (χ2v) is 9.85. The van der Waals surface area contributed by atoms with E-state index < -0.39 is 29.2 Å². The van der Waals surface area contributed by atoms with Crippen LogP contribution in [0.25, 0.3) is 16.6 Å². The number of carboxylic acids is 1. The number of nitrogens with one attached hydrogen (secondary N) is 1. The number of phenolic OH excluding ortho intramolecular Hbond substituents is 1. The van der Waals surface area contributed by atoms with E-state index in [-0.39, 0.29) is 35.8 Å². The minimum Gasteiger partial charge on any atom is -0.507 e. The van der Waals surface area contributed by atoms with Gasteiger partial charge in [-0.1, -0.05) is 31.2 Å². The molecular formula is C30H32N4O7. The van der Waals surface area contributed by atoms with Crippen LogP contribution in [-0.4, -0.2) is 49.9 Å². The zero-order valence-corrected chi connectivity index (χ0v) is 23.0. The topological polar surface area (TPSA) is 166 Å². The third kappa shape index (κ3) is 6.15. The molecule has 0 spiro atoms. The molecule has 4 aromatic rings. The van der Waals surface area contributed by atoms with Crippen LogP contribution in [0.5, 0.6) is 11.5 Å². The van der Waals surface area contributed by atoms with Crippen LogP contribution in [0.1, 0.15) is 35.3 Å². The third-order valence-corrected chi connectivity index (χ3v) is 6.73. The molecule has 1 heterocycles. The van der Waals surface area contributed by atoms with Crippen molar-refractivity contribution in [2.24, 2.45) is 12.8 Å². The van der Waals surface area contributed by atoms with Crippen LogP contribution < -0.4 is 27.0 Å². The van der Waals surface area contributed by atoms with Crippen LogP contribution in [0.4, 0.5) is 0 Å². The van der Waals surface area contributed by atoms with Crippen molar-refractivity contribution in [1.29, 1.82) is 0 Å². The average Bonchev–Trinajstić information content (AvgIpc) is 2.95. The minimum absolute atomic E-state index is 0.0363. The van der Waals surface area contributed by atoms with Crippen molar-refractivity contribution in [3.8, 4) is 17.2 Å². The molecule has 0 radical (unpaired) electrons. The fourth-order valence-electron chi connectivity index (χ4n) is 4.58. The van der Waals surface area contributed by atoms with E-state index in [1.165, 1.54) is 10.6 Å². The van der Waals surface area contributed by atoms with Gasteiger partial charge in [-0.25, -0.2) is 14.2 Å². The van der Waals surface area contributed by atoms with Gasteiger partial charge in [0.1, 0.15) is 24.1 Å². The molecule has 0 saturated carbocycles. The first-order valence-corrected chi connectivity index (χ1v) is 13.1. The molecule has 0 saturated heterocycles. The summed E-state index contributed by atoms with van der Waals surface area (Å²) >= 11 is 0. The number of carbonyl (C=O) groups excluding carboxylic acids is 1. The maximum Gasteiger partial charge on any atom is 0.335 e. The van der Waals surface area contributed by atoms with E-state index in [0.29, 0.717) is 34.5 Å². The number of nitrogens with two attached hydrogens (primary N) is 1. The molecule has 3 aromatic carbocycles. The molecule has 2 atom stereocenters. The van der Waals surface area contributed by atoms with Crippen LogP contribution in [0.2, 0.25) is 0 Å². The van der Waals surface area contributed by atoms with Gasteiger partial charge in [-0.3, -0.25) is 14.2 Å². The Morgan fingerprint density at radius 1 is 1.07 bits per heavy atom. The number of aliphatic carboxylic acids is 1. The summed E-state index contributed by atoms with van der Waals surface area (Å²) in [5.74, 6) is -1.73. The Morgan fingerprint density at radius 3 is 2.41 bits per heavy atom. The van der Waals surface area contributed by atoms with Crippen molar-refractivity contribution < 1.29 is 24.5 Å². The number of ether oxygens (including phenoxy) is 1. The lowest BCUT2D eigenvalue weighted by atomic mass is 10.0. The number of hydrogen-bond acceptors (Lipinski definition) is 7. The first-order valence-electron chi connectivity index (χ1n) is 13.1. The van der Waals surface area contributed by atoms with Crippen LogP contribution >= 0.6 is 0 Å². The second kappa shape index (κ2) is 12.1. The fraction of sp³-hybridized carbons (Fsp3) is 0.267. The smallest absolute Gasteiger partial charge is 0.335 e. The van der Waals surface area contributed by atoms with Gasteiger partial charge in [-0.15, -0.1) is 0 Å². The lowest BCUT2D eigenvalue weighted by Crippen LogP contribution is -2.42. The second-order valence-electron chi connectivity index (χ2n) is 9.85. The first kappa shape index (κ1) is 29.1. The molecule has 1 aromatic heterocycles. The highest BCUT2D eigenvalue weighted by Gasteiger charge is 2.24. The summed E-state index contributed by atoms with van der Waals surface area (Å²) in [6, 6.07) is 14.3. The standard InChI is InChI=1S/C30H32N4O7/c1-4-19-6-5-7-25(35)26(19)27(36)32-23(29(38)39)14-18-8-10-20(11-9-18)34-28(37)22-15-21(41-16-17(2)31)12-13-24(22)33(3)30(34)40/h5-13,15,17,23,35H,4,14,16,31H2,1-3H3,(H,32,36)(H,38,39). The lowest BCUT2D eigenvalue weighted by molar-refractivity contribution is -0.139. The Hall–Kier alpha value is -4.90. The van der Waals surface area contributed by atoms with Gasteiger partial charge in [0.05, 0.1) is 22.2 Å². The summed E-state index contributed by atoms with van der Waals surface area (Å²) in [6.45, 7) is 3.88. The number of carbonyl (C=O) groups is 2. The number of benzene rings is 3. The Kier molecular flexibility index (Phi) is 8.58. The molecule has 41 heavy (non-hydrogen) atoms. The molecule has 0 aliphatic heterocycles. The van der Waals surface area contributed by atoms with Crippen LogP contribution in [0.3, 0.4) is 0 Å². The van der Waals surface area contributed by atoms with E-state index >= 15 is 0 Å². The third-order valence-electron chi connectivity index (χ3n) is 6.73. The quantitative estimate of drug-likeness (QED) is 0.229. The van der Waals surface area contributed by atoms with E-state index in [1.807, 2.05) is 6.92 Å². The number of hydrogen-bond donors (Lipinski definition) is 4. The highest BCUT2D eigenvalue weighted by atomic mass is 16.5. The summed E-state index contributed by atoms with van der Waals surface area (Å²) in [7, 11) is 1.56. The van der Waals surface area contributed by atoms with Gasteiger partial charge in [0.2, 0.25) is 0 Å². The van der Waals surface area contributed by atoms with Crippen molar-refractivity contribution in [1.82, 2.24) is 14.5 Å². The van der Waals surface area contributed by atoms with E-state index in [1.54, 1.807) is 68.6 Å². The molecule has 11 nitrogen and oxygen atoms in total. The summed E-state index contributed by atoms with van der Waals surface area (Å²) < 4.78 is 8.03. The van der Waals surface area contributed by atoms with Crippen molar-refractivity contribution in [3.05, 3.63) is 98.2 Å². The van der Waals surface area contributed by atoms with Gasteiger partial charge in [0.15, 0.2) is 0 Å². The molecule has 0 aliphatic rings. The summed E-state index contributed by atoms with van der Waals surface area (Å²) in [5, 5.41) is 22.7. The maximum atomic E-state index is 13.4. The predicted octanol–water partition coefficient (Wildman–Crippen LogP) is 2.11. The molecule has 4 rings (SSSR count). The van der Waals surface area contributed by atoms with Crippen molar-refractivity contribution in [2.75, 3.05) is 6.61 Å². The van der Waals surface area contributed by atoms with E-state index in [9.17, 15) is 29.4 Å². The number of aryl methyl sites for hydroxylation is 2. The van der Waals surface area contributed by atoms with Crippen LogP contribution in [0.15, 0.2) is 70.3 Å². The molecule has 0 bridgehead atoms. The van der Waals surface area contributed by atoms with Crippen molar-refractivity contribution >= 4 is 22.8 Å². The molecule has 2 unspecified atom stereocenters. The summed E-state index contributed by atoms with van der Waals surface area (Å²) in [6.07, 6.45) is 0.409. The largest absolute Gasteiger partial charge is 0.507 e. The fourth-order valence-corrected chi connectivity index (χ4v) is 4.58. The highest BCUT2D eigenvalue weighted by Crippen LogP contribution is 2.22. The van der Waals surface area contributed by atoms with E-state index in [0.717, 1.165) is 4.57 Å². The maximum absolute atomic E-state index is 13.4. The van der Waals surface area contributed by atoms with E-state index in [2.05, 4.69) is 5.32 Å². The monoisotopic (exact) mass is 560 g/mol. The van der Waals surface area contributed by atoms with Crippen molar-refractivity contribution in [2.45, 2.75) is 38.8 Å². The molecule has 5 N–H and O–H groups in total. The molecule has 0 fully saturated rings. The molecule has 11 heteroatoms. The van der Waals surface area contributed by atoms with Gasteiger partial charge in [0.25, 0.3) is 11.5 Å². The van der Waals surface area contributed by atoms with Crippen LogP contribution in [0, 0.1) is 0 Å². The van der Waals surface area contributed by atoms with Crippen LogP contribution in [-0.2, 0) is 24.7 Å². The lowest BCUT2D eigenvalue weighted by Gasteiger charge is -2.17. The molecule has 0 aliphatic carbocycles. The zero-order chi connectivity index (χ0) is 29.8. The van der Waals surface area contributed by atoms with Gasteiger partial charge < -0.3 is 26.0 Å². The molecule has 1 amide bonds. The van der Waals surface area contributed by atoms with Gasteiger partial charge >= 0.3 is 11.7 Å². The number of nitrogens with zero attached hydrogens (tertiary/aromatic N) is 2. The number of fused-ring (bicyclic) bond motifs is 1. The highest BCUT2D eigenvalue weighted by molar-refractivity contribution is 6.00. The van der Waals surface area contributed by atoms with Crippen molar-refractivity contribution in [3.63, 3.8) is 0 Å². The normalized spacial score (nSPS) is 12.6. The summed E-state index contributed by atoms with van der Waals surface area (Å²) in [5.41, 5.74) is 6.57.